The maximum Gasteiger partial charge on any atom is 0.251 e. The molecule has 0 aliphatic carbocycles. The van der Waals surface area contributed by atoms with Crippen molar-refractivity contribution in [2.45, 2.75) is 52.0 Å². The van der Waals surface area contributed by atoms with Gasteiger partial charge in [0, 0.05) is 23.2 Å². The van der Waals surface area contributed by atoms with E-state index in [4.69, 9.17) is 11.6 Å². The lowest BCUT2D eigenvalue weighted by atomic mass is 10.0. The van der Waals surface area contributed by atoms with Crippen LogP contribution in [0, 0.1) is 0 Å². The van der Waals surface area contributed by atoms with Crippen LogP contribution >= 0.6 is 11.6 Å². The normalized spacial score (nSPS) is 17.6. The van der Waals surface area contributed by atoms with Crippen LogP contribution in [0.15, 0.2) is 65.7 Å². The number of nitrogens with zero attached hydrogens (tertiary/aromatic N) is 1. The van der Waals surface area contributed by atoms with Crippen LogP contribution in [0.3, 0.4) is 0 Å². The van der Waals surface area contributed by atoms with Gasteiger partial charge in [-0.25, -0.2) is 0 Å². The van der Waals surface area contributed by atoms with Gasteiger partial charge in [-0.05, 0) is 86.2 Å². The van der Waals surface area contributed by atoms with Crippen molar-refractivity contribution < 1.29 is 4.79 Å². The molecule has 1 N–H and O–H groups in total. The van der Waals surface area contributed by atoms with E-state index in [1.165, 1.54) is 36.1 Å². The summed E-state index contributed by atoms with van der Waals surface area (Å²) in [5, 5.41) is 3.89. The van der Waals surface area contributed by atoms with Gasteiger partial charge in [-0.2, -0.15) is 0 Å². The SMILES string of the molecule is CC/C(Cl)=C\C=C(/CC)c1ccc(C(=O)NCCc2ccc(C3CCCN3C)cc2)cc1. The molecule has 2 aromatic carbocycles. The number of amides is 1. The molecule has 4 heteroatoms. The van der Waals surface area contributed by atoms with Gasteiger partial charge in [-0.1, -0.05) is 67.9 Å². The van der Waals surface area contributed by atoms with Gasteiger partial charge in [0.15, 0.2) is 0 Å². The molecule has 170 valence electrons. The number of likely N-dealkylation sites (tertiary alicyclic amines) is 1. The molecule has 2 aromatic rings. The van der Waals surface area contributed by atoms with Crippen molar-refractivity contribution in [3.63, 3.8) is 0 Å². The number of carbonyl (C=O) groups excluding carboxylic acids is 1. The van der Waals surface area contributed by atoms with Gasteiger partial charge in [0.2, 0.25) is 0 Å². The lowest BCUT2D eigenvalue weighted by molar-refractivity contribution is 0.0954. The summed E-state index contributed by atoms with van der Waals surface area (Å²) in [5.74, 6) is -0.0308. The quantitative estimate of drug-likeness (QED) is 0.428. The van der Waals surface area contributed by atoms with E-state index in [1.54, 1.807) is 0 Å². The van der Waals surface area contributed by atoms with E-state index in [0.717, 1.165) is 29.9 Å². The molecule has 3 nitrogen and oxygen atoms in total. The second kappa shape index (κ2) is 12.0. The van der Waals surface area contributed by atoms with Crippen LogP contribution < -0.4 is 5.32 Å². The zero-order valence-corrected chi connectivity index (χ0v) is 20.3. The number of carbonyl (C=O) groups is 1. The molecule has 1 aliphatic heterocycles. The number of benzene rings is 2. The van der Waals surface area contributed by atoms with Crippen molar-refractivity contribution in [3.05, 3.63) is 88.0 Å². The Morgan fingerprint density at radius 2 is 1.72 bits per heavy atom. The van der Waals surface area contributed by atoms with Crippen molar-refractivity contribution in [3.8, 4) is 0 Å². The molecule has 1 unspecified atom stereocenters. The third-order valence-corrected chi connectivity index (χ3v) is 6.68. The van der Waals surface area contributed by atoms with E-state index < -0.39 is 0 Å². The van der Waals surface area contributed by atoms with E-state index >= 15 is 0 Å². The maximum atomic E-state index is 12.5. The monoisotopic (exact) mass is 450 g/mol. The minimum Gasteiger partial charge on any atom is -0.352 e. The van der Waals surface area contributed by atoms with Crippen LogP contribution in [0.4, 0.5) is 0 Å². The molecule has 1 fully saturated rings. The van der Waals surface area contributed by atoms with Crippen molar-refractivity contribution in [2.75, 3.05) is 20.1 Å². The second-order valence-corrected chi connectivity index (χ2v) is 8.96. The molecule has 1 atom stereocenters. The van der Waals surface area contributed by atoms with Crippen LogP contribution in [-0.2, 0) is 6.42 Å². The first-order chi connectivity index (χ1) is 15.5. The molecule has 3 rings (SSSR count). The van der Waals surface area contributed by atoms with Crippen LogP contribution in [0.2, 0.25) is 0 Å². The van der Waals surface area contributed by atoms with E-state index in [1.807, 2.05) is 37.3 Å². The van der Waals surface area contributed by atoms with Crippen molar-refractivity contribution in [1.82, 2.24) is 10.2 Å². The summed E-state index contributed by atoms with van der Waals surface area (Å²) in [6, 6.07) is 17.2. The molecular formula is C28H35ClN2O. The predicted octanol–water partition coefficient (Wildman–Crippen LogP) is 6.75. The molecule has 0 aromatic heterocycles. The van der Waals surface area contributed by atoms with E-state index in [-0.39, 0.29) is 5.91 Å². The standard InChI is InChI=1S/C28H35ClN2O/c1-4-22(16-17-26(29)5-2)23-12-14-25(15-13-23)28(32)30-19-18-21-8-10-24(11-9-21)27-7-6-20-31(27)3/h8-17,27H,4-7,18-20H2,1-3H3,(H,30,32)/b22-16+,26-17+. The highest BCUT2D eigenvalue weighted by atomic mass is 35.5. The fourth-order valence-electron chi connectivity index (χ4n) is 4.22. The van der Waals surface area contributed by atoms with E-state index in [0.29, 0.717) is 18.2 Å². The van der Waals surface area contributed by atoms with Gasteiger partial charge in [0.1, 0.15) is 0 Å². The smallest absolute Gasteiger partial charge is 0.251 e. The Labute approximate surface area is 198 Å². The number of hydrogen-bond acceptors (Lipinski definition) is 2. The predicted molar refractivity (Wildman–Crippen MR) is 136 cm³/mol. The third kappa shape index (κ3) is 6.57. The van der Waals surface area contributed by atoms with E-state index in [2.05, 4.69) is 54.5 Å². The molecular weight excluding hydrogens is 416 g/mol. The molecule has 32 heavy (non-hydrogen) atoms. The van der Waals surface area contributed by atoms with Crippen molar-refractivity contribution >= 4 is 23.1 Å². The summed E-state index contributed by atoms with van der Waals surface area (Å²) in [6.07, 6.45) is 9.11. The van der Waals surface area contributed by atoms with Crippen molar-refractivity contribution in [1.29, 1.82) is 0 Å². The number of allylic oxidation sites excluding steroid dienone is 4. The Balaban J connectivity index is 1.51. The fraction of sp³-hybridized carbons (Fsp3) is 0.393. The largest absolute Gasteiger partial charge is 0.352 e. The number of rotatable bonds is 9. The van der Waals surface area contributed by atoms with Crippen LogP contribution in [0.5, 0.6) is 0 Å². The Bertz CT molecular complexity index is 944. The van der Waals surface area contributed by atoms with Gasteiger partial charge >= 0.3 is 0 Å². The van der Waals surface area contributed by atoms with Gasteiger partial charge < -0.3 is 5.32 Å². The first-order valence-corrected chi connectivity index (χ1v) is 12.1. The van der Waals surface area contributed by atoms with Gasteiger partial charge in [-0.15, -0.1) is 0 Å². The Morgan fingerprint density at radius 1 is 1.03 bits per heavy atom. The molecule has 1 amide bonds. The molecule has 1 heterocycles. The summed E-state index contributed by atoms with van der Waals surface area (Å²) >= 11 is 6.12. The van der Waals surface area contributed by atoms with Gasteiger partial charge in [0.25, 0.3) is 5.91 Å². The van der Waals surface area contributed by atoms with E-state index in [9.17, 15) is 4.79 Å². The fourth-order valence-corrected chi connectivity index (χ4v) is 4.29. The topological polar surface area (TPSA) is 32.3 Å². The maximum absolute atomic E-state index is 12.5. The molecule has 0 radical (unpaired) electrons. The van der Waals surface area contributed by atoms with Crippen LogP contribution in [0.1, 0.15) is 72.6 Å². The highest BCUT2D eigenvalue weighted by Gasteiger charge is 2.22. The van der Waals surface area contributed by atoms with Crippen LogP contribution in [0.25, 0.3) is 5.57 Å². The minimum atomic E-state index is -0.0308. The first kappa shape index (κ1) is 24.3. The number of hydrogen-bond donors (Lipinski definition) is 1. The number of nitrogens with one attached hydrogen (secondary N) is 1. The Kier molecular flexibility index (Phi) is 9.13. The first-order valence-electron chi connectivity index (χ1n) is 11.7. The zero-order chi connectivity index (χ0) is 22.9. The highest BCUT2D eigenvalue weighted by Crippen LogP contribution is 2.30. The summed E-state index contributed by atoms with van der Waals surface area (Å²) < 4.78 is 0. The van der Waals surface area contributed by atoms with Gasteiger partial charge in [0.05, 0.1) is 0 Å². The average molecular weight is 451 g/mol. The van der Waals surface area contributed by atoms with Gasteiger partial charge in [-0.3, -0.25) is 9.69 Å². The van der Waals surface area contributed by atoms with Crippen LogP contribution in [-0.4, -0.2) is 30.9 Å². The van der Waals surface area contributed by atoms with Crippen molar-refractivity contribution in [2.24, 2.45) is 0 Å². The average Bonchev–Trinajstić information content (AvgIpc) is 3.25. The Hall–Kier alpha value is -2.36. The number of halogens is 1. The Morgan fingerprint density at radius 3 is 2.31 bits per heavy atom. The summed E-state index contributed by atoms with van der Waals surface area (Å²) in [4.78, 5) is 15.0. The molecule has 0 saturated carbocycles. The molecule has 1 saturated heterocycles. The zero-order valence-electron chi connectivity index (χ0n) is 19.5. The summed E-state index contributed by atoms with van der Waals surface area (Å²) in [5.41, 5.74) is 5.66. The highest BCUT2D eigenvalue weighted by molar-refractivity contribution is 6.29. The summed E-state index contributed by atoms with van der Waals surface area (Å²) in [7, 11) is 2.20. The summed E-state index contributed by atoms with van der Waals surface area (Å²) in [6.45, 7) is 5.97. The molecule has 0 spiro atoms. The minimum absolute atomic E-state index is 0.0308. The third-order valence-electron chi connectivity index (χ3n) is 6.29. The second-order valence-electron chi connectivity index (χ2n) is 8.48. The molecule has 0 bridgehead atoms. The molecule has 1 aliphatic rings. The lowest BCUT2D eigenvalue weighted by Crippen LogP contribution is -2.25. The lowest BCUT2D eigenvalue weighted by Gasteiger charge is -2.20.